The van der Waals surface area contributed by atoms with Crippen molar-refractivity contribution in [1.82, 2.24) is 0 Å². The fraction of sp³-hybridized carbons (Fsp3) is 0.250. The molecule has 2 aromatic carbocycles. The topological polar surface area (TPSA) is 91.8 Å². The zero-order valence-electron chi connectivity index (χ0n) is 15.2. The van der Waals surface area contributed by atoms with Crippen molar-refractivity contribution in [2.24, 2.45) is 5.92 Å². The molecule has 2 aromatic rings. The number of ketones is 1. The molecule has 2 aliphatic heterocycles. The van der Waals surface area contributed by atoms with Crippen LogP contribution in [-0.2, 0) is 14.8 Å². The van der Waals surface area contributed by atoms with Crippen LogP contribution in [0.1, 0.15) is 34.1 Å². The lowest BCUT2D eigenvalue weighted by Crippen LogP contribution is -2.37. The molecule has 2 heterocycles. The monoisotopic (exact) mass is 398 g/mol. The second-order valence-corrected chi connectivity index (χ2v) is 8.84. The summed E-state index contributed by atoms with van der Waals surface area (Å²) in [5.41, 5.74) is 1.43. The number of carbonyl (C=O) groups is 3. The Labute approximate surface area is 162 Å². The van der Waals surface area contributed by atoms with Crippen molar-refractivity contribution in [2.75, 3.05) is 21.5 Å². The Morgan fingerprint density at radius 1 is 1.07 bits per heavy atom. The Kier molecular flexibility index (Phi) is 4.30. The summed E-state index contributed by atoms with van der Waals surface area (Å²) in [7, 11) is -3.75. The van der Waals surface area contributed by atoms with Crippen LogP contribution in [0.2, 0.25) is 0 Å². The number of rotatable bonds is 2. The highest BCUT2D eigenvalue weighted by atomic mass is 32.2. The molecule has 0 N–H and O–H groups in total. The number of para-hydroxylation sites is 1. The third-order valence-corrected chi connectivity index (χ3v) is 6.86. The second kappa shape index (κ2) is 6.56. The summed E-state index contributed by atoms with van der Waals surface area (Å²) in [6.45, 7) is 1.81. The molecule has 8 heteroatoms. The van der Waals surface area contributed by atoms with Gasteiger partial charge >= 0.3 is 0 Å². The summed E-state index contributed by atoms with van der Waals surface area (Å²) >= 11 is 0. The first-order chi connectivity index (χ1) is 13.3. The second-order valence-electron chi connectivity index (χ2n) is 6.98. The van der Waals surface area contributed by atoms with E-state index in [1.165, 1.54) is 17.0 Å². The van der Waals surface area contributed by atoms with Gasteiger partial charge in [0.05, 0.1) is 23.0 Å². The van der Waals surface area contributed by atoms with E-state index in [0.29, 0.717) is 11.3 Å². The van der Waals surface area contributed by atoms with Crippen molar-refractivity contribution in [3.63, 3.8) is 0 Å². The van der Waals surface area contributed by atoms with E-state index in [-0.39, 0.29) is 41.7 Å². The van der Waals surface area contributed by atoms with Crippen LogP contribution in [0.5, 0.6) is 0 Å². The zero-order chi connectivity index (χ0) is 20.1. The first kappa shape index (κ1) is 18.4. The fourth-order valence-corrected chi connectivity index (χ4v) is 5.44. The summed E-state index contributed by atoms with van der Waals surface area (Å²) in [6, 6.07) is 12.9. The van der Waals surface area contributed by atoms with Crippen molar-refractivity contribution < 1.29 is 22.8 Å². The van der Waals surface area contributed by atoms with Gasteiger partial charge in [-0.1, -0.05) is 25.1 Å². The van der Waals surface area contributed by atoms with E-state index in [2.05, 4.69) is 0 Å². The minimum Gasteiger partial charge on any atom is -0.307 e. The fourth-order valence-electron chi connectivity index (χ4n) is 3.63. The number of hydrogen-bond donors (Lipinski definition) is 0. The highest BCUT2D eigenvalue weighted by Gasteiger charge is 2.42. The van der Waals surface area contributed by atoms with E-state index in [4.69, 9.17) is 0 Å². The molecule has 0 aliphatic carbocycles. The first-order valence-electron chi connectivity index (χ1n) is 8.90. The van der Waals surface area contributed by atoms with Crippen LogP contribution in [0.4, 0.5) is 11.4 Å². The predicted octanol–water partition coefficient (Wildman–Crippen LogP) is 2.23. The molecule has 4 rings (SSSR count). The first-order valence-corrected chi connectivity index (χ1v) is 10.5. The van der Waals surface area contributed by atoms with Gasteiger partial charge in [0, 0.05) is 24.1 Å². The number of benzene rings is 2. The average Bonchev–Trinajstić information content (AvgIpc) is 2.88. The Bertz CT molecular complexity index is 1110. The van der Waals surface area contributed by atoms with Crippen LogP contribution in [-0.4, -0.2) is 38.3 Å². The Morgan fingerprint density at radius 2 is 1.82 bits per heavy atom. The molecule has 0 bridgehead atoms. The Balaban J connectivity index is 1.71. The van der Waals surface area contributed by atoms with Gasteiger partial charge < -0.3 is 4.90 Å². The van der Waals surface area contributed by atoms with Crippen molar-refractivity contribution in [1.29, 1.82) is 0 Å². The number of carbonyl (C=O) groups excluding carboxylic acids is 3. The number of hydrogen-bond acceptors (Lipinski definition) is 5. The predicted molar refractivity (Wildman–Crippen MR) is 104 cm³/mol. The minimum absolute atomic E-state index is 0.0175. The van der Waals surface area contributed by atoms with Crippen molar-refractivity contribution in [3.8, 4) is 0 Å². The molecule has 0 aromatic heterocycles. The van der Waals surface area contributed by atoms with E-state index in [1.807, 2.05) is 0 Å². The molecule has 0 radical (unpaired) electrons. The summed E-state index contributed by atoms with van der Waals surface area (Å²) in [4.78, 5) is 39.0. The molecule has 0 spiro atoms. The Morgan fingerprint density at radius 3 is 2.54 bits per heavy atom. The number of Topliss-reactive ketones (excluding diaryl/α,β-unsaturated/α-hetero) is 1. The highest BCUT2D eigenvalue weighted by molar-refractivity contribution is 7.94. The van der Waals surface area contributed by atoms with Gasteiger partial charge in [0.15, 0.2) is 5.78 Å². The normalized spacial score (nSPS) is 21.0. The van der Waals surface area contributed by atoms with Gasteiger partial charge in [0.2, 0.25) is 15.9 Å². The third-order valence-electron chi connectivity index (χ3n) is 4.99. The lowest BCUT2D eigenvalue weighted by molar-refractivity contribution is -0.119. The Hall–Kier alpha value is -3.00. The van der Waals surface area contributed by atoms with Crippen LogP contribution >= 0.6 is 0 Å². The van der Waals surface area contributed by atoms with Crippen molar-refractivity contribution in [2.45, 2.75) is 13.3 Å². The van der Waals surface area contributed by atoms with Gasteiger partial charge in [-0.25, -0.2) is 12.7 Å². The molecule has 28 heavy (non-hydrogen) atoms. The van der Waals surface area contributed by atoms with Crippen LogP contribution < -0.4 is 9.21 Å². The quantitative estimate of drug-likeness (QED) is 0.774. The highest BCUT2D eigenvalue weighted by Crippen LogP contribution is 2.31. The maximum atomic E-state index is 13.1. The molecule has 7 nitrogen and oxygen atoms in total. The minimum atomic E-state index is -3.75. The lowest BCUT2D eigenvalue weighted by Gasteiger charge is -2.29. The maximum Gasteiger partial charge on any atom is 0.258 e. The number of nitrogens with zero attached hydrogens (tertiary/aromatic N) is 2. The maximum absolute atomic E-state index is 13.1. The molecule has 2 amide bonds. The van der Waals surface area contributed by atoms with Crippen LogP contribution in [0.3, 0.4) is 0 Å². The molecule has 1 atom stereocenters. The lowest BCUT2D eigenvalue weighted by atomic mass is 9.99. The molecule has 1 saturated heterocycles. The van der Waals surface area contributed by atoms with E-state index in [9.17, 15) is 22.8 Å². The summed E-state index contributed by atoms with van der Waals surface area (Å²) in [5, 5.41) is 0. The molecule has 1 unspecified atom stereocenters. The van der Waals surface area contributed by atoms with Gasteiger partial charge in [-0.05, 0) is 30.3 Å². The summed E-state index contributed by atoms with van der Waals surface area (Å²) in [5.74, 6) is -1.73. The van der Waals surface area contributed by atoms with Crippen LogP contribution in [0, 0.1) is 5.92 Å². The molecule has 0 saturated carbocycles. The van der Waals surface area contributed by atoms with Gasteiger partial charge in [-0.15, -0.1) is 0 Å². The van der Waals surface area contributed by atoms with Crippen molar-refractivity contribution in [3.05, 3.63) is 59.7 Å². The molecule has 1 fully saturated rings. The molecular formula is C20H18N2O5S. The molecule has 2 aliphatic rings. The van der Waals surface area contributed by atoms with Gasteiger partial charge in [0.25, 0.3) is 5.91 Å². The summed E-state index contributed by atoms with van der Waals surface area (Å²) in [6.07, 6.45) is 0.221. The SMILES string of the molecule is CC1CS(=O)(=O)N(c2cccc(C(=O)N3CCC(=O)c4ccccc43)c2)C1=O. The average molecular weight is 398 g/mol. The zero-order valence-corrected chi connectivity index (χ0v) is 16.0. The number of sulfonamides is 1. The number of amides is 2. The smallest absolute Gasteiger partial charge is 0.258 e. The molecular weight excluding hydrogens is 380 g/mol. The largest absolute Gasteiger partial charge is 0.307 e. The van der Waals surface area contributed by atoms with E-state index < -0.39 is 21.8 Å². The standard InChI is InChI=1S/C20H18N2O5S/c1-13-12-28(26,27)22(19(13)24)15-6-4-5-14(11-15)20(25)21-10-9-18(23)16-7-2-3-8-17(16)21/h2-8,11,13H,9-10,12H2,1H3. The summed E-state index contributed by atoms with van der Waals surface area (Å²) < 4.78 is 25.5. The van der Waals surface area contributed by atoms with E-state index in [1.54, 1.807) is 43.3 Å². The molecule has 144 valence electrons. The number of fused-ring (bicyclic) bond motifs is 1. The number of anilines is 2. The van der Waals surface area contributed by atoms with Crippen LogP contribution in [0.15, 0.2) is 48.5 Å². The van der Waals surface area contributed by atoms with E-state index >= 15 is 0 Å². The van der Waals surface area contributed by atoms with Crippen LogP contribution in [0.25, 0.3) is 0 Å². The van der Waals surface area contributed by atoms with Crippen molar-refractivity contribution >= 4 is 39.0 Å². The van der Waals surface area contributed by atoms with Gasteiger partial charge in [-0.2, -0.15) is 0 Å². The van der Waals surface area contributed by atoms with Gasteiger partial charge in [-0.3, -0.25) is 14.4 Å². The third kappa shape index (κ3) is 2.90. The van der Waals surface area contributed by atoms with E-state index in [0.717, 1.165) is 4.31 Å². The van der Waals surface area contributed by atoms with Gasteiger partial charge in [0.1, 0.15) is 0 Å².